The Morgan fingerprint density at radius 3 is 1.98 bits per heavy atom. The molecule has 6 heterocycles. The summed E-state index contributed by atoms with van der Waals surface area (Å²) in [5.41, 5.74) is 10.5. The van der Waals surface area contributed by atoms with Gasteiger partial charge in [-0.2, -0.15) is 19.9 Å². The third kappa shape index (κ3) is 6.76. The van der Waals surface area contributed by atoms with Crippen molar-refractivity contribution in [3.05, 3.63) is 84.2 Å². The second-order valence-electron chi connectivity index (χ2n) is 13.0. The Balaban J connectivity index is 0.000000193. The summed E-state index contributed by atoms with van der Waals surface area (Å²) in [7, 11) is 0. The molecule has 4 aromatic heterocycles. The Labute approximate surface area is 319 Å². The van der Waals surface area contributed by atoms with E-state index in [1.807, 2.05) is 19.9 Å². The van der Waals surface area contributed by atoms with Crippen molar-refractivity contribution in [1.29, 1.82) is 0 Å². The maximum Gasteiger partial charge on any atom is 0.338 e. The number of imidazole rings is 2. The van der Waals surface area contributed by atoms with E-state index in [0.717, 1.165) is 6.42 Å². The van der Waals surface area contributed by atoms with Crippen molar-refractivity contribution in [2.24, 2.45) is 5.92 Å². The average Bonchev–Trinajstić information content (AvgIpc) is 3.88. The fraction of sp³-hybridized carbons (Fsp3) is 0.400. The summed E-state index contributed by atoms with van der Waals surface area (Å²) in [6.45, 7) is 11.1. The molecule has 0 spiro atoms. The van der Waals surface area contributed by atoms with Gasteiger partial charge in [0.05, 0.1) is 30.9 Å². The average molecular weight is 784 g/mol. The van der Waals surface area contributed by atoms with Crippen LogP contribution in [0.15, 0.2) is 68.3 Å². The molecule has 286 valence electrons. The number of benzene rings is 1. The van der Waals surface area contributed by atoms with E-state index in [9.17, 15) is 20.1 Å². The Kier molecular flexibility index (Phi) is 11.2. The lowest BCUT2D eigenvalue weighted by Gasteiger charge is -2.36. The van der Waals surface area contributed by atoms with Crippen LogP contribution in [0.1, 0.15) is 55.9 Å². The second kappa shape index (κ2) is 15.5. The molecular weight excluding hydrogens is 743 g/mol. The number of hydrogen-bond donors (Lipinski definition) is 5. The summed E-state index contributed by atoms with van der Waals surface area (Å²) in [6.07, 6.45) is 3.07. The minimum atomic E-state index is -1.71. The zero-order valence-corrected chi connectivity index (χ0v) is 30.9. The van der Waals surface area contributed by atoms with Gasteiger partial charge in [-0.15, -0.1) is 13.2 Å². The Morgan fingerprint density at radius 2 is 1.46 bits per heavy atom. The molecule has 17 nitrogen and oxygen atoms in total. The molecule has 2 saturated heterocycles. The largest absolute Gasteiger partial charge is 0.450 e. The van der Waals surface area contributed by atoms with Crippen LogP contribution >= 0.6 is 23.2 Å². The monoisotopic (exact) mass is 782 g/mol. The molecule has 19 heteroatoms. The topological polar surface area (TPSA) is 245 Å². The van der Waals surface area contributed by atoms with Crippen molar-refractivity contribution in [1.82, 2.24) is 39.0 Å². The molecule has 8 atom stereocenters. The van der Waals surface area contributed by atoms with E-state index in [0.29, 0.717) is 23.1 Å². The molecule has 1 aromatic carbocycles. The predicted octanol–water partition coefficient (Wildman–Crippen LogP) is 3.80. The summed E-state index contributed by atoms with van der Waals surface area (Å²) in [5, 5.41) is 30.7. The Hall–Kier alpha value is -4.75. The molecule has 7 N–H and O–H groups in total. The number of halogens is 2. The molecule has 2 aliphatic heterocycles. The smallest absolute Gasteiger partial charge is 0.338 e. The molecule has 0 amide bonds. The van der Waals surface area contributed by atoms with Gasteiger partial charge in [0.25, 0.3) is 0 Å². The van der Waals surface area contributed by atoms with Gasteiger partial charge in [-0.1, -0.05) is 67.4 Å². The van der Waals surface area contributed by atoms with Crippen molar-refractivity contribution >= 4 is 63.4 Å². The summed E-state index contributed by atoms with van der Waals surface area (Å²) >= 11 is 12.2. The van der Waals surface area contributed by atoms with Crippen LogP contribution in [0.2, 0.25) is 10.3 Å². The fourth-order valence-corrected chi connectivity index (χ4v) is 7.50. The normalized spacial score (nSPS) is 27.8. The van der Waals surface area contributed by atoms with Crippen molar-refractivity contribution in [2.45, 2.75) is 75.1 Å². The molecule has 0 aliphatic carbocycles. The van der Waals surface area contributed by atoms with Crippen LogP contribution in [0.4, 0.5) is 11.9 Å². The van der Waals surface area contributed by atoms with Gasteiger partial charge in [0, 0.05) is 18.8 Å². The third-order valence-corrected chi connectivity index (χ3v) is 10.3. The molecule has 0 radical (unpaired) electrons. The zero-order chi connectivity index (χ0) is 38.9. The van der Waals surface area contributed by atoms with Crippen LogP contribution < -0.4 is 11.5 Å². The number of aromatic nitrogens is 8. The van der Waals surface area contributed by atoms with Crippen LogP contribution in [0, 0.1) is 5.92 Å². The van der Waals surface area contributed by atoms with E-state index < -0.39 is 48.4 Å². The van der Waals surface area contributed by atoms with Gasteiger partial charge >= 0.3 is 5.97 Å². The first-order valence-electron chi connectivity index (χ1n) is 17.0. The number of aliphatic hydroxyl groups excluding tert-OH is 2. The van der Waals surface area contributed by atoms with E-state index in [1.165, 1.54) is 17.0 Å². The molecule has 5 aromatic rings. The van der Waals surface area contributed by atoms with Gasteiger partial charge in [0.1, 0.15) is 28.8 Å². The first-order valence-corrected chi connectivity index (χ1v) is 17.7. The highest BCUT2D eigenvalue weighted by atomic mass is 35.5. The maximum absolute atomic E-state index is 13.1. The molecule has 7 rings (SSSR count). The molecule has 6 unspecified atom stereocenters. The van der Waals surface area contributed by atoms with Crippen LogP contribution in [-0.2, 0) is 14.2 Å². The quantitative estimate of drug-likeness (QED) is 0.0768. The number of fused-ring (bicyclic) bond motifs is 2. The van der Waals surface area contributed by atoms with Crippen molar-refractivity contribution < 1.29 is 34.3 Å². The maximum atomic E-state index is 13.1. The van der Waals surface area contributed by atoms with Gasteiger partial charge < -0.3 is 41.0 Å². The number of nitrogens with two attached hydrogens (primary N) is 2. The Bertz CT molecular complexity index is 2170. The van der Waals surface area contributed by atoms with E-state index in [1.54, 1.807) is 41.2 Å². The zero-order valence-electron chi connectivity index (χ0n) is 29.4. The number of nitrogens with zero attached hydrogens (tertiary/aromatic N) is 8. The summed E-state index contributed by atoms with van der Waals surface area (Å²) in [5.74, 6) is -0.599. The number of esters is 1. The number of ether oxygens (including phenoxy) is 3. The first-order chi connectivity index (χ1) is 25.8. The molecule has 2 fully saturated rings. The van der Waals surface area contributed by atoms with Crippen LogP contribution in [0.5, 0.6) is 0 Å². The second-order valence-corrected chi connectivity index (χ2v) is 13.7. The van der Waals surface area contributed by atoms with Crippen molar-refractivity contribution in [2.75, 3.05) is 18.1 Å². The number of aliphatic hydroxyl groups is 3. The van der Waals surface area contributed by atoms with E-state index >= 15 is 0 Å². The number of carbonyl (C=O) groups is 1. The molecule has 0 saturated carbocycles. The number of anilines is 2. The molecule has 0 bridgehead atoms. The highest BCUT2D eigenvalue weighted by Crippen LogP contribution is 2.50. The molecule has 54 heavy (non-hydrogen) atoms. The van der Waals surface area contributed by atoms with Gasteiger partial charge in [-0.3, -0.25) is 9.13 Å². The van der Waals surface area contributed by atoms with E-state index in [2.05, 4.69) is 43.1 Å². The molecular formula is C35H40Cl2N10O7. The third-order valence-electron chi connectivity index (χ3n) is 9.75. The van der Waals surface area contributed by atoms with Gasteiger partial charge in [-0.05, 0) is 18.6 Å². The minimum absolute atomic E-state index is 0.0212. The van der Waals surface area contributed by atoms with Crippen molar-refractivity contribution in [3.8, 4) is 0 Å². The molecule has 2 aliphatic rings. The number of carbonyl (C=O) groups excluding carboxylic acids is 1. The van der Waals surface area contributed by atoms with Crippen molar-refractivity contribution in [3.63, 3.8) is 0 Å². The summed E-state index contributed by atoms with van der Waals surface area (Å²) in [6, 6.07) is 8.87. The van der Waals surface area contributed by atoms with Gasteiger partial charge in [-0.25, -0.2) is 14.8 Å². The summed E-state index contributed by atoms with van der Waals surface area (Å²) < 4.78 is 21.4. The lowest BCUT2D eigenvalue weighted by molar-refractivity contribution is -0.105. The minimum Gasteiger partial charge on any atom is -0.450 e. The number of rotatable bonds is 10. The van der Waals surface area contributed by atoms with Crippen LogP contribution in [0.3, 0.4) is 0 Å². The highest BCUT2D eigenvalue weighted by molar-refractivity contribution is 6.34. The van der Waals surface area contributed by atoms with Gasteiger partial charge in [0.15, 0.2) is 39.7 Å². The number of hydrogen-bond acceptors (Lipinski definition) is 15. The first kappa shape index (κ1) is 39.0. The fourth-order valence-electron chi connectivity index (χ4n) is 7.06. The predicted molar refractivity (Wildman–Crippen MR) is 199 cm³/mol. The SMILES string of the molecule is C=CC[C@@]1(O)C(O)C(CO)OC1n1cnc2c(Cl)nc(N)nc21.C=CC[C@@]1(OC(=O)c2ccccc2)C(C)C(CC)OC1n1cnc2c(Cl)nc(N)nc21. The lowest BCUT2D eigenvalue weighted by atomic mass is 9.82. The Morgan fingerprint density at radius 1 is 0.926 bits per heavy atom. The van der Waals surface area contributed by atoms with E-state index in [4.69, 9.17) is 48.9 Å². The van der Waals surface area contributed by atoms with Gasteiger partial charge in [0.2, 0.25) is 11.9 Å². The highest BCUT2D eigenvalue weighted by Gasteiger charge is 2.58. The van der Waals surface area contributed by atoms with Crippen LogP contribution in [0.25, 0.3) is 22.3 Å². The van der Waals surface area contributed by atoms with Crippen LogP contribution in [-0.4, -0.2) is 96.4 Å². The lowest BCUT2D eigenvalue weighted by Crippen LogP contribution is -2.46. The van der Waals surface area contributed by atoms with E-state index in [-0.39, 0.29) is 51.8 Å². The number of nitrogen functional groups attached to an aromatic ring is 2. The standard InChI is InChI=1S/C22H24ClN5O3.C13H16ClN5O4/c1-4-11-22(31-19(29)14-9-7-6-8-10-14)13(3)15(5-2)30-20(22)28-12-25-16-17(23)26-21(24)27-18(16)28;1-2-3-13(22)8(21)6(4-20)23-11(13)19-5-16-7-9(14)17-12(15)18-10(7)19/h4,6-10,12-13,15,20H,1,5,11H2,2-3H3,(H2,24,26,27);2,5-6,8,11,20-22H,1,3-4H2,(H2,15,17,18)/t13?,15?,20?,22-;6?,8?,11?,13-/m11/s1. The summed E-state index contributed by atoms with van der Waals surface area (Å²) in [4.78, 5) is 37.7.